The first-order valence-corrected chi connectivity index (χ1v) is 15.8. The van der Waals surface area contributed by atoms with Crippen LogP contribution in [0.4, 0.5) is 0 Å². The maximum atomic E-state index is 14.1. The highest BCUT2D eigenvalue weighted by Crippen LogP contribution is 2.36. The summed E-state index contributed by atoms with van der Waals surface area (Å²) < 4.78 is 29.9. The van der Waals surface area contributed by atoms with Gasteiger partial charge in [0.05, 0.1) is 42.7 Å². The Morgan fingerprint density at radius 1 is 0.957 bits per heavy atom. The number of aromatic nitrogens is 1. The fourth-order valence-corrected chi connectivity index (χ4v) is 6.14. The Kier molecular flexibility index (Phi) is 10.3. The second kappa shape index (κ2) is 14.5. The molecule has 1 atom stereocenters. The average molecular weight is 657 g/mol. The first-order chi connectivity index (χ1) is 22.6. The van der Waals surface area contributed by atoms with Gasteiger partial charge in [-0.1, -0.05) is 67.6 Å². The van der Waals surface area contributed by atoms with Gasteiger partial charge in [-0.25, -0.2) is 9.79 Å². The lowest BCUT2D eigenvalue weighted by Crippen LogP contribution is -2.40. The molecule has 10 nitrogen and oxygen atoms in total. The number of thiazole rings is 1. The van der Waals surface area contributed by atoms with E-state index in [1.54, 1.807) is 50.4 Å². The van der Waals surface area contributed by atoms with Crippen molar-refractivity contribution >= 4 is 29.4 Å². The molecule has 4 aromatic rings. The number of rotatable bonds is 11. The molecule has 244 valence electrons. The van der Waals surface area contributed by atoms with Gasteiger partial charge < -0.3 is 23.7 Å². The largest absolute Gasteiger partial charge is 0.493 e. The lowest BCUT2D eigenvalue weighted by Gasteiger charge is -2.25. The van der Waals surface area contributed by atoms with Crippen molar-refractivity contribution in [3.05, 3.63) is 114 Å². The molecular formula is C36H36N2O8S. The zero-order chi connectivity index (χ0) is 33.7. The van der Waals surface area contributed by atoms with E-state index in [4.69, 9.17) is 23.7 Å². The first kappa shape index (κ1) is 33.2. The Bertz CT molecular complexity index is 2010. The second-order valence-electron chi connectivity index (χ2n) is 11.3. The quantitative estimate of drug-likeness (QED) is 0.165. The summed E-state index contributed by atoms with van der Waals surface area (Å²) >= 11 is 1.21. The molecule has 0 radical (unpaired) electrons. The summed E-state index contributed by atoms with van der Waals surface area (Å²) in [5.74, 6) is 0.600. The maximum Gasteiger partial charge on any atom is 0.338 e. The molecule has 0 bridgehead atoms. The van der Waals surface area contributed by atoms with Gasteiger partial charge in [-0.3, -0.25) is 14.2 Å². The first-order valence-electron chi connectivity index (χ1n) is 15.0. The van der Waals surface area contributed by atoms with Crippen molar-refractivity contribution in [1.29, 1.82) is 0 Å². The van der Waals surface area contributed by atoms with Crippen molar-refractivity contribution in [3.8, 4) is 23.0 Å². The van der Waals surface area contributed by atoms with Gasteiger partial charge in [-0.05, 0) is 59.9 Å². The monoisotopic (exact) mass is 656 g/mol. The molecule has 3 aromatic carbocycles. The van der Waals surface area contributed by atoms with E-state index in [2.05, 4.69) is 4.99 Å². The van der Waals surface area contributed by atoms with Crippen molar-refractivity contribution in [3.63, 3.8) is 0 Å². The van der Waals surface area contributed by atoms with Crippen LogP contribution in [-0.4, -0.2) is 37.3 Å². The van der Waals surface area contributed by atoms with Crippen molar-refractivity contribution in [2.75, 3.05) is 20.8 Å². The molecule has 0 aliphatic carbocycles. The van der Waals surface area contributed by atoms with E-state index in [-0.39, 0.29) is 35.2 Å². The number of methoxy groups -OCH3 is 2. The van der Waals surface area contributed by atoms with Gasteiger partial charge in [-0.2, -0.15) is 0 Å². The lowest BCUT2D eigenvalue weighted by molar-refractivity contribution is -0.140. The molecule has 0 saturated heterocycles. The molecule has 0 fully saturated rings. The van der Waals surface area contributed by atoms with Crippen LogP contribution in [0.3, 0.4) is 0 Å². The fourth-order valence-electron chi connectivity index (χ4n) is 5.09. The van der Waals surface area contributed by atoms with E-state index >= 15 is 0 Å². The highest BCUT2D eigenvalue weighted by atomic mass is 32.1. The van der Waals surface area contributed by atoms with Crippen LogP contribution in [0.2, 0.25) is 0 Å². The van der Waals surface area contributed by atoms with E-state index in [0.29, 0.717) is 38.7 Å². The van der Waals surface area contributed by atoms with Crippen LogP contribution in [0.1, 0.15) is 50.4 Å². The minimum Gasteiger partial charge on any atom is -0.493 e. The van der Waals surface area contributed by atoms with Gasteiger partial charge in [0.1, 0.15) is 6.61 Å². The van der Waals surface area contributed by atoms with Gasteiger partial charge in [0.15, 0.2) is 27.8 Å². The predicted molar refractivity (Wildman–Crippen MR) is 178 cm³/mol. The van der Waals surface area contributed by atoms with Crippen LogP contribution >= 0.6 is 11.3 Å². The Morgan fingerprint density at radius 2 is 1.66 bits per heavy atom. The summed E-state index contributed by atoms with van der Waals surface area (Å²) in [4.78, 5) is 44.4. The molecule has 0 N–H and O–H groups in total. The summed E-state index contributed by atoms with van der Waals surface area (Å²) in [7, 11) is 3.01. The molecule has 0 spiro atoms. The molecule has 47 heavy (non-hydrogen) atoms. The number of fused-ring (bicyclic) bond motifs is 1. The zero-order valence-electron chi connectivity index (χ0n) is 27.1. The van der Waals surface area contributed by atoms with Crippen molar-refractivity contribution < 1.29 is 33.3 Å². The Balaban J connectivity index is 1.58. The third-order valence-corrected chi connectivity index (χ3v) is 8.25. The fraction of sp³-hybridized carbons (Fsp3) is 0.278. The van der Waals surface area contributed by atoms with Crippen LogP contribution in [0, 0.1) is 5.92 Å². The smallest absolute Gasteiger partial charge is 0.338 e. The minimum atomic E-state index is -0.878. The van der Waals surface area contributed by atoms with E-state index in [0.717, 1.165) is 11.1 Å². The van der Waals surface area contributed by atoms with Gasteiger partial charge in [-0.15, -0.1) is 0 Å². The van der Waals surface area contributed by atoms with Crippen LogP contribution in [-0.2, 0) is 20.9 Å². The molecule has 11 heteroatoms. The van der Waals surface area contributed by atoms with Crippen LogP contribution in [0.5, 0.6) is 23.0 Å². The third kappa shape index (κ3) is 7.47. The average Bonchev–Trinajstić information content (AvgIpc) is 3.36. The number of hydrogen-bond donors (Lipinski definition) is 0. The summed E-state index contributed by atoms with van der Waals surface area (Å²) in [6.07, 6.45) is 1.75. The van der Waals surface area contributed by atoms with Crippen molar-refractivity contribution in [1.82, 2.24) is 4.57 Å². The Labute approximate surface area is 276 Å². The Hall–Kier alpha value is -5.16. The van der Waals surface area contributed by atoms with Gasteiger partial charge in [0.25, 0.3) is 5.56 Å². The number of allylic oxidation sites excluding steroid dienone is 1. The molecule has 1 aliphatic rings. The van der Waals surface area contributed by atoms with E-state index in [1.165, 1.54) is 29.9 Å². The number of carbonyl (C=O) groups is 2. The van der Waals surface area contributed by atoms with E-state index in [1.807, 2.05) is 50.2 Å². The van der Waals surface area contributed by atoms with Gasteiger partial charge >= 0.3 is 11.9 Å². The topological polar surface area (TPSA) is 115 Å². The maximum absolute atomic E-state index is 14.1. The van der Waals surface area contributed by atoms with E-state index in [9.17, 15) is 14.4 Å². The molecule has 5 rings (SSSR count). The van der Waals surface area contributed by atoms with Crippen LogP contribution < -0.4 is 33.8 Å². The van der Waals surface area contributed by atoms with Crippen molar-refractivity contribution in [2.24, 2.45) is 10.9 Å². The predicted octanol–water partition coefficient (Wildman–Crippen LogP) is 4.96. The number of ether oxygens (including phenoxy) is 5. The Morgan fingerprint density at radius 3 is 2.34 bits per heavy atom. The molecule has 1 unspecified atom stereocenters. The number of benzene rings is 3. The minimum absolute atomic E-state index is 0.106. The SMILES string of the molecule is COc1cc(C=c2sc3n(c2=O)C(c2ccc(OC(C)=O)c(OC)c2)C(C(=O)OCC(C)C)=C(C)N=3)ccc1OCc1ccccc1. The molecule has 2 heterocycles. The third-order valence-electron chi connectivity index (χ3n) is 7.27. The van der Waals surface area contributed by atoms with Gasteiger partial charge in [0, 0.05) is 6.92 Å². The number of hydrogen-bond acceptors (Lipinski definition) is 10. The molecule has 0 amide bonds. The lowest BCUT2D eigenvalue weighted by atomic mass is 9.95. The number of esters is 2. The zero-order valence-corrected chi connectivity index (χ0v) is 27.9. The molecular weight excluding hydrogens is 620 g/mol. The number of carbonyl (C=O) groups excluding carboxylic acids is 2. The highest BCUT2D eigenvalue weighted by Gasteiger charge is 2.34. The normalized spacial score (nSPS) is 14.4. The molecule has 0 saturated carbocycles. The highest BCUT2D eigenvalue weighted by molar-refractivity contribution is 7.07. The summed E-state index contributed by atoms with van der Waals surface area (Å²) in [5, 5.41) is 0. The van der Waals surface area contributed by atoms with E-state index < -0.39 is 18.0 Å². The van der Waals surface area contributed by atoms with Crippen LogP contribution in [0.25, 0.3) is 6.08 Å². The summed E-state index contributed by atoms with van der Waals surface area (Å²) in [6, 6.07) is 19.3. The van der Waals surface area contributed by atoms with Crippen molar-refractivity contribution in [2.45, 2.75) is 40.3 Å². The summed E-state index contributed by atoms with van der Waals surface area (Å²) in [5.41, 5.74) is 2.62. The van der Waals surface area contributed by atoms with Gasteiger partial charge in [0.2, 0.25) is 0 Å². The second-order valence-corrected chi connectivity index (χ2v) is 12.3. The molecule has 1 aliphatic heterocycles. The standard InChI is InChI=1S/C36H36N2O8S/c1-21(2)19-45-35(41)32-22(3)37-36-38(33(32)26-13-15-28(46-23(4)39)30(18-26)43-6)34(40)31(47-36)17-25-12-14-27(29(16-25)42-5)44-20-24-10-8-7-9-11-24/h7-18,21,33H,19-20H2,1-6H3. The van der Waals surface area contributed by atoms with Crippen LogP contribution in [0.15, 0.2) is 87.8 Å². The summed E-state index contributed by atoms with van der Waals surface area (Å²) in [6.45, 7) is 7.48. The molecule has 1 aromatic heterocycles. The number of nitrogens with zero attached hydrogens (tertiary/aromatic N) is 2.